The molecule has 21 heavy (non-hydrogen) atoms. The molecule has 1 aromatic heterocycles. The van der Waals surface area contributed by atoms with Crippen molar-refractivity contribution in [1.29, 1.82) is 0 Å². The third-order valence-electron chi connectivity index (χ3n) is 2.30. The molecular weight excluding hydrogens is 348 g/mol. The minimum Gasteiger partial charge on any atom is -0.437 e. The van der Waals surface area contributed by atoms with Crippen LogP contribution in [0.1, 0.15) is 6.92 Å². The van der Waals surface area contributed by atoms with Gasteiger partial charge in [-0.2, -0.15) is 0 Å². The molecule has 2 rings (SSSR count). The van der Waals surface area contributed by atoms with E-state index in [-0.39, 0.29) is 28.2 Å². The largest absolute Gasteiger partial charge is 0.437 e. The van der Waals surface area contributed by atoms with Crippen molar-refractivity contribution in [3.05, 3.63) is 42.2 Å². The van der Waals surface area contributed by atoms with E-state index in [1.165, 1.54) is 12.4 Å². The smallest absolute Gasteiger partial charge is 0.239 e. The van der Waals surface area contributed by atoms with Crippen molar-refractivity contribution in [3.8, 4) is 11.6 Å². The number of carbonyl (C=O) groups is 1. The van der Waals surface area contributed by atoms with E-state index in [9.17, 15) is 13.6 Å². The number of hydrogen-bond acceptors (Lipinski definition) is 4. The molecule has 0 spiro atoms. The normalized spacial score (nSPS) is 11.8. The number of aromatic nitrogens is 2. The van der Waals surface area contributed by atoms with E-state index in [1.807, 2.05) is 0 Å². The van der Waals surface area contributed by atoms with Gasteiger partial charge in [-0.25, -0.2) is 18.7 Å². The Balaban J connectivity index is 2.07. The number of nitrogens with zero attached hydrogens (tertiary/aromatic N) is 2. The number of amides is 1. The van der Waals surface area contributed by atoms with Gasteiger partial charge in [-0.3, -0.25) is 4.79 Å². The van der Waals surface area contributed by atoms with Gasteiger partial charge in [0.1, 0.15) is 17.4 Å². The zero-order valence-electron chi connectivity index (χ0n) is 10.8. The van der Waals surface area contributed by atoms with Crippen LogP contribution in [-0.2, 0) is 4.79 Å². The van der Waals surface area contributed by atoms with Crippen LogP contribution < -0.4 is 10.1 Å². The Kier molecular flexibility index (Phi) is 4.79. The second-order valence-electron chi connectivity index (χ2n) is 4.05. The van der Waals surface area contributed by atoms with Crippen molar-refractivity contribution in [2.45, 2.75) is 11.8 Å². The predicted molar refractivity (Wildman–Crippen MR) is 75.5 cm³/mol. The highest BCUT2D eigenvalue weighted by atomic mass is 79.9. The van der Waals surface area contributed by atoms with Gasteiger partial charge in [0.05, 0.1) is 17.2 Å². The van der Waals surface area contributed by atoms with Crippen LogP contribution in [0.5, 0.6) is 11.6 Å². The van der Waals surface area contributed by atoms with E-state index in [1.54, 1.807) is 6.92 Å². The van der Waals surface area contributed by atoms with Gasteiger partial charge in [-0.1, -0.05) is 15.9 Å². The van der Waals surface area contributed by atoms with Crippen molar-refractivity contribution in [3.63, 3.8) is 0 Å². The Morgan fingerprint density at radius 2 is 1.90 bits per heavy atom. The van der Waals surface area contributed by atoms with Crippen molar-refractivity contribution in [2.24, 2.45) is 0 Å². The van der Waals surface area contributed by atoms with Gasteiger partial charge in [0.25, 0.3) is 0 Å². The average molecular weight is 358 g/mol. The molecule has 0 unspecified atom stereocenters. The molecule has 0 aliphatic heterocycles. The highest BCUT2D eigenvalue weighted by Gasteiger charge is 2.10. The van der Waals surface area contributed by atoms with Crippen molar-refractivity contribution in [1.82, 2.24) is 9.97 Å². The van der Waals surface area contributed by atoms with E-state index in [0.717, 1.165) is 18.2 Å². The molecule has 1 aromatic carbocycles. The Hall–Kier alpha value is -2.09. The number of halogens is 3. The standard InChI is InChI=1S/C13H10BrF2N3O2/c1-7(14)13(20)19-11-5-18-12(6-17-11)21-10-3-8(15)2-9(16)4-10/h2-7H,1H3,(H,17,19,20)/t7-/m1/s1. The summed E-state index contributed by atoms with van der Waals surface area (Å²) in [5.41, 5.74) is 0. The van der Waals surface area contributed by atoms with E-state index in [4.69, 9.17) is 4.74 Å². The molecule has 1 N–H and O–H groups in total. The van der Waals surface area contributed by atoms with Crippen LogP contribution in [0.4, 0.5) is 14.6 Å². The molecule has 0 aliphatic carbocycles. The topological polar surface area (TPSA) is 64.1 Å². The number of carbonyl (C=O) groups excluding carboxylic acids is 1. The maximum absolute atomic E-state index is 13.0. The second kappa shape index (κ2) is 6.57. The monoisotopic (exact) mass is 357 g/mol. The predicted octanol–water partition coefficient (Wildman–Crippen LogP) is 3.27. The molecule has 0 saturated heterocycles. The van der Waals surface area contributed by atoms with E-state index >= 15 is 0 Å². The van der Waals surface area contributed by atoms with E-state index in [0.29, 0.717) is 0 Å². The van der Waals surface area contributed by atoms with Crippen LogP contribution in [0.2, 0.25) is 0 Å². The summed E-state index contributed by atoms with van der Waals surface area (Å²) in [6.07, 6.45) is 2.51. The zero-order valence-corrected chi connectivity index (χ0v) is 12.4. The number of rotatable bonds is 4. The summed E-state index contributed by atoms with van der Waals surface area (Å²) in [7, 11) is 0. The van der Waals surface area contributed by atoms with Gasteiger partial charge in [0.15, 0.2) is 5.82 Å². The molecule has 0 radical (unpaired) electrons. The summed E-state index contributed by atoms with van der Waals surface area (Å²) in [5.74, 6) is -1.53. The van der Waals surface area contributed by atoms with Crippen LogP contribution in [-0.4, -0.2) is 20.7 Å². The summed E-state index contributed by atoms with van der Waals surface area (Å²) >= 11 is 3.11. The SMILES string of the molecule is C[C@@H](Br)C(=O)Nc1cnc(Oc2cc(F)cc(F)c2)cn1. The van der Waals surface area contributed by atoms with Crippen LogP contribution in [0.25, 0.3) is 0 Å². The minimum absolute atomic E-state index is 0.0346. The van der Waals surface area contributed by atoms with Gasteiger partial charge in [0, 0.05) is 18.2 Å². The van der Waals surface area contributed by atoms with Gasteiger partial charge >= 0.3 is 0 Å². The lowest BCUT2D eigenvalue weighted by Crippen LogP contribution is -2.20. The average Bonchev–Trinajstić information content (AvgIpc) is 2.39. The third-order valence-corrected chi connectivity index (χ3v) is 2.72. The summed E-state index contributed by atoms with van der Waals surface area (Å²) in [5, 5.41) is 2.52. The molecule has 0 bridgehead atoms. The van der Waals surface area contributed by atoms with Gasteiger partial charge < -0.3 is 10.1 Å². The molecule has 0 aliphatic rings. The van der Waals surface area contributed by atoms with Crippen molar-refractivity contribution >= 4 is 27.7 Å². The van der Waals surface area contributed by atoms with Crippen LogP contribution in [0.3, 0.4) is 0 Å². The molecule has 1 amide bonds. The Morgan fingerprint density at radius 1 is 1.24 bits per heavy atom. The molecular formula is C13H10BrF2N3O2. The fraction of sp³-hybridized carbons (Fsp3) is 0.154. The molecule has 2 aromatic rings. The highest BCUT2D eigenvalue weighted by Crippen LogP contribution is 2.21. The first-order valence-electron chi connectivity index (χ1n) is 5.85. The molecule has 8 heteroatoms. The fourth-order valence-corrected chi connectivity index (χ4v) is 1.48. The summed E-state index contributed by atoms with van der Waals surface area (Å²) in [4.78, 5) is 18.9. The molecule has 0 fully saturated rings. The van der Waals surface area contributed by atoms with Crippen molar-refractivity contribution < 1.29 is 18.3 Å². The van der Waals surface area contributed by atoms with E-state index < -0.39 is 11.6 Å². The maximum atomic E-state index is 13.0. The first kappa shape index (κ1) is 15.3. The van der Waals surface area contributed by atoms with Gasteiger partial charge in [0.2, 0.25) is 11.8 Å². The number of ether oxygens (including phenoxy) is 1. The lowest BCUT2D eigenvalue weighted by atomic mass is 10.3. The Morgan fingerprint density at radius 3 is 2.43 bits per heavy atom. The van der Waals surface area contributed by atoms with E-state index in [2.05, 4.69) is 31.2 Å². The second-order valence-corrected chi connectivity index (χ2v) is 5.43. The van der Waals surface area contributed by atoms with Crippen LogP contribution >= 0.6 is 15.9 Å². The first-order valence-corrected chi connectivity index (χ1v) is 6.76. The molecule has 0 saturated carbocycles. The first-order chi connectivity index (χ1) is 9.94. The number of hydrogen-bond donors (Lipinski definition) is 1. The fourth-order valence-electron chi connectivity index (χ4n) is 1.37. The third kappa shape index (κ3) is 4.45. The van der Waals surface area contributed by atoms with Crippen molar-refractivity contribution in [2.75, 3.05) is 5.32 Å². The number of benzene rings is 1. The summed E-state index contributed by atoms with van der Waals surface area (Å²) in [6, 6.07) is 2.78. The van der Waals surface area contributed by atoms with Gasteiger partial charge in [-0.15, -0.1) is 0 Å². The maximum Gasteiger partial charge on any atom is 0.239 e. The van der Waals surface area contributed by atoms with Gasteiger partial charge in [-0.05, 0) is 6.92 Å². The Bertz CT molecular complexity index is 630. The molecule has 1 heterocycles. The summed E-state index contributed by atoms with van der Waals surface area (Å²) in [6.45, 7) is 1.67. The molecule has 5 nitrogen and oxygen atoms in total. The molecule has 110 valence electrons. The lowest BCUT2D eigenvalue weighted by Gasteiger charge is -2.07. The molecule has 1 atom stereocenters. The summed E-state index contributed by atoms with van der Waals surface area (Å²) < 4.78 is 31.2. The quantitative estimate of drug-likeness (QED) is 0.853. The number of nitrogens with one attached hydrogen (secondary N) is 1. The minimum atomic E-state index is -0.756. The zero-order chi connectivity index (χ0) is 15.4. The lowest BCUT2D eigenvalue weighted by molar-refractivity contribution is -0.115. The highest BCUT2D eigenvalue weighted by molar-refractivity contribution is 9.10. The number of alkyl halides is 1. The van der Waals surface area contributed by atoms with Crippen LogP contribution in [0.15, 0.2) is 30.6 Å². The Labute approximate surface area is 127 Å². The number of anilines is 1. The van der Waals surface area contributed by atoms with Crippen LogP contribution in [0, 0.1) is 11.6 Å².